The number of morpholine rings is 1. The number of nitrogens with one attached hydrogen (secondary N) is 2. The second-order valence-corrected chi connectivity index (χ2v) is 8.23. The lowest BCUT2D eigenvalue weighted by Gasteiger charge is -2.39. The van der Waals surface area contributed by atoms with Crippen molar-refractivity contribution in [3.8, 4) is 0 Å². The molecule has 1 atom stereocenters. The fourth-order valence-electron chi connectivity index (χ4n) is 4.40. The van der Waals surface area contributed by atoms with Gasteiger partial charge < -0.3 is 20.1 Å². The molecule has 1 saturated heterocycles. The molecule has 0 spiro atoms. The van der Waals surface area contributed by atoms with Crippen molar-refractivity contribution in [2.75, 3.05) is 53.1 Å². The third-order valence-corrected chi connectivity index (χ3v) is 6.36. The average Bonchev–Trinajstić information content (AvgIpc) is 3.06. The molecule has 1 aliphatic rings. The van der Waals surface area contributed by atoms with Gasteiger partial charge in [0, 0.05) is 50.6 Å². The Morgan fingerprint density at radius 3 is 2.44 bits per heavy atom. The average molecular weight is 565 g/mol. The number of aromatic nitrogens is 2. The van der Waals surface area contributed by atoms with E-state index in [1.54, 1.807) is 7.11 Å². The van der Waals surface area contributed by atoms with E-state index in [0.29, 0.717) is 25.1 Å². The minimum Gasteiger partial charge on any atom is -0.383 e. The van der Waals surface area contributed by atoms with Gasteiger partial charge in [-0.3, -0.25) is 9.58 Å². The highest BCUT2D eigenvalue weighted by Gasteiger charge is 2.27. The van der Waals surface area contributed by atoms with Gasteiger partial charge in [0.1, 0.15) is 0 Å². The van der Waals surface area contributed by atoms with E-state index in [4.69, 9.17) is 14.5 Å². The van der Waals surface area contributed by atoms with E-state index in [-0.39, 0.29) is 24.0 Å². The molecule has 32 heavy (non-hydrogen) atoms. The molecule has 0 saturated carbocycles. The smallest absolute Gasteiger partial charge is 0.191 e. The lowest BCUT2D eigenvalue weighted by molar-refractivity contribution is 0.00272. The molecule has 0 bridgehead atoms. The molecule has 1 fully saturated rings. The summed E-state index contributed by atoms with van der Waals surface area (Å²) in [6, 6.07) is 0.489. The minimum atomic E-state index is 0. The molecule has 9 heteroatoms. The summed E-state index contributed by atoms with van der Waals surface area (Å²) in [5.74, 6) is 1.53. The molecule has 1 aromatic heterocycles. The minimum absolute atomic E-state index is 0. The van der Waals surface area contributed by atoms with Crippen LogP contribution >= 0.6 is 24.0 Å². The third-order valence-electron chi connectivity index (χ3n) is 6.36. The van der Waals surface area contributed by atoms with Gasteiger partial charge in [0.25, 0.3) is 0 Å². The molecule has 0 amide bonds. The number of aryl methyl sites for hydroxylation is 1. The zero-order valence-corrected chi connectivity index (χ0v) is 23.3. The summed E-state index contributed by atoms with van der Waals surface area (Å²) in [4.78, 5) is 7.48. The first-order valence-corrected chi connectivity index (χ1v) is 11.9. The first-order chi connectivity index (χ1) is 15.0. The molecule has 2 rings (SSSR count). The molecule has 186 valence electrons. The quantitative estimate of drug-likeness (QED) is 0.231. The standard InChI is InChI=1S/C23H44N6O2.HI/c1-7-20(8-2)22(28-10-14-31-15-11-28)17-26-23(24-9-3)25-16-21-18(4)27-29(19(21)5)12-13-30-6;/h20,22H,7-17H2,1-6H3,(H2,24,25,26);1H. The summed E-state index contributed by atoms with van der Waals surface area (Å²) in [7, 11) is 1.72. The summed E-state index contributed by atoms with van der Waals surface area (Å²) >= 11 is 0. The first-order valence-electron chi connectivity index (χ1n) is 11.9. The second-order valence-electron chi connectivity index (χ2n) is 8.23. The Morgan fingerprint density at radius 2 is 1.84 bits per heavy atom. The maximum Gasteiger partial charge on any atom is 0.191 e. The van der Waals surface area contributed by atoms with Gasteiger partial charge in [-0.2, -0.15) is 5.10 Å². The Hall–Kier alpha value is -0.910. The SMILES string of the molecule is CCNC(=NCc1c(C)nn(CCOC)c1C)NCC(C(CC)CC)N1CCOCC1.I. The van der Waals surface area contributed by atoms with Crippen LogP contribution in [-0.2, 0) is 22.6 Å². The number of ether oxygens (including phenoxy) is 2. The predicted molar refractivity (Wildman–Crippen MR) is 142 cm³/mol. The molecule has 8 nitrogen and oxygen atoms in total. The van der Waals surface area contributed by atoms with E-state index in [1.165, 1.54) is 18.4 Å². The van der Waals surface area contributed by atoms with Crippen LogP contribution in [0.5, 0.6) is 0 Å². The molecule has 2 N–H and O–H groups in total. The molecule has 1 aliphatic heterocycles. The maximum absolute atomic E-state index is 5.58. The van der Waals surface area contributed by atoms with Crippen molar-refractivity contribution < 1.29 is 9.47 Å². The number of hydrogen-bond donors (Lipinski definition) is 2. The number of aliphatic imine (C=N–C) groups is 1. The van der Waals surface area contributed by atoms with Crippen LogP contribution in [-0.4, -0.2) is 79.8 Å². The largest absolute Gasteiger partial charge is 0.383 e. The Bertz CT molecular complexity index is 672. The van der Waals surface area contributed by atoms with Gasteiger partial charge in [-0.25, -0.2) is 4.99 Å². The summed E-state index contributed by atoms with van der Waals surface area (Å²) < 4.78 is 12.8. The highest BCUT2D eigenvalue weighted by atomic mass is 127. The molecule has 0 radical (unpaired) electrons. The highest BCUT2D eigenvalue weighted by molar-refractivity contribution is 14.0. The van der Waals surface area contributed by atoms with Crippen molar-refractivity contribution >= 4 is 29.9 Å². The van der Waals surface area contributed by atoms with E-state index in [9.17, 15) is 0 Å². The van der Waals surface area contributed by atoms with Crippen molar-refractivity contribution in [1.82, 2.24) is 25.3 Å². The van der Waals surface area contributed by atoms with Crippen molar-refractivity contribution in [2.45, 2.75) is 66.6 Å². The Morgan fingerprint density at radius 1 is 1.16 bits per heavy atom. The Kier molecular flexibility index (Phi) is 14.4. The van der Waals surface area contributed by atoms with Crippen molar-refractivity contribution in [3.05, 3.63) is 17.0 Å². The van der Waals surface area contributed by atoms with Gasteiger partial charge in [-0.15, -0.1) is 24.0 Å². The summed E-state index contributed by atoms with van der Waals surface area (Å²) in [6.07, 6.45) is 2.37. The van der Waals surface area contributed by atoms with Crippen LogP contribution in [0.25, 0.3) is 0 Å². The number of halogens is 1. The van der Waals surface area contributed by atoms with Gasteiger partial charge in [0.05, 0.1) is 38.6 Å². The fraction of sp³-hybridized carbons (Fsp3) is 0.826. The molecule has 0 aliphatic carbocycles. The lowest BCUT2D eigenvalue weighted by atomic mass is 9.92. The zero-order chi connectivity index (χ0) is 22.6. The topological polar surface area (TPSA) is 75.9 Å². The number of guanidine groups is 1. The Labute approximate surface area is 211 Å². The summed E-state index contributed by atoms with van der Waals surface area (Å²) in [5.41, 5.74) is 3.40. The van der Waals surface area contributed by atoms with Gasteiger partial charge in [0.15, 0.2) is 5.96 Å². The van der Waals surface area contributed by atoms with Crippen LogP contribution < -0.4 is 10.6 Å². The number of hydrogen-bond acceptors (Lipinski definition) is 5. The molecule has 2 heterocycles. The van der Waals surface area contributed by atoms with Gasteiger partial charge in [0.2, 0.25) is 0 Å². The number of methoxy groups -OCH3 is 1. The summed E-state index contributed by atoms with van der Waals surface area (Å²) in [5, 5.41) is 11.7. The van der Waals surface area contributed by atoms with Crippen LogP contribution in [0.3, 0.4) is 0 Å². The molecular formula is C23H45IN6O2. The number of rotatable bonds is 12. The van der Waals surface area contributed by atoms with E-state index in [0.717, 1.165) is 63.3 Å². The van der Waals surface area contributed by atoms with E-state index >= 15 is 0 Å². The van der Waals surface area contributed by atoms with Crippen LogP contribution in [0.4, 0.5) is 0 Å². The van der Waals surface area contributed by atoms with Crippen molar-refractivity contribution in [3.63, 3.8) is 0 Å². The Balaban J connectivity index is 0.00000512. The van der Waals surface area contributed by atoms with Crippen molar-refractivity contribution in [2.24, 2.45) is 10.9 Å². The van der Waals surface area contributed by atoms with Crippen LogP contribution in [0, 0.1) is 19.8 Å². The number of nitrogens with zero attached hydrogens (tertiary/aromatic N) is 4. The predicted octanol–water partition coefficient (Wildman–Crippen LogP) is 2.96. The molecule has 1 unspecified atom stereocenters. The lowest BCUT2D eigenvalue weighted by Crippen LogP contribution is -2.53. The second kappa shape index (κ2) is 15.8. The van der Waals surface area contributed by atoms with Crippen LogP contribution in [0.15, 0.2) is 4.99 Å². The zero-order valence-electron chi connectivity index (χ0n) is 20.9. The van der Waals surface area contributed by atoms with E-state index in [2.05, 4.69) is 55.3 Å². The van der Waals surface area contributed by atoms with E-state index < -0.39 is 0 Å². The van der Waals surface area contributed by atoms with Crippen molar-refractivity contribution in [1.29, 1.82) is 0 Å². The van der Waals surface area contributed by atoms with Crippen LogP contribution in [0.1, 0.15) is 50.6 Å². The van der Waals surface area contributed by atoms with Crippen LogP contribution in [0.2, 0.25) is 0 Å². The first kappa shape index (κ1) is 29.1. The molecular weight excluding hydrogens is 519 g/mol. The highest BCUT2D eigenvalue weighted by Crippen LogP contribution is 2.20. The summed E-state index contributed by atoms with van der Waals surface area (Å²) in [6.45, 7) is 18.3. The molecule has 1 aromatic rings. The normalized spacial score (nSPS) is 16.2. The fourth-order valence-corrected chi connectivity index (χ4v) is 4.40. The third kappa shape index (κ3) is 8.46. The van der Waals surface area contributed by atoms with E-state index in [1.807, 2.05) is 4.68 Å². The maximum atomic E-state index is 5.58. The van der Waals surface area contributed by atoms with Gasteiger partial charge in [-0.05, 0) is 26.7 Å². The van der Waals surface area contributed by atoms with Gasteiger partial charge in [-0.1, -0.05) is 26.7 Å². The monoisotopic (exact) mass is 564 g/mol. The molecule has 0 aromatic carbocycles. The van der Waals surface area contributed by atoms with Gasteiger partial charge >= 0.3 is 0 Å².